The number of nitrogens with zero attached hydrogens (tertiary/aromatic N) is 2. The van der Waals surface area contributed by atoms with Crippen molar-refractivity contribution in [2.45, 2.75) is 45.2 Å². The lowest BCUT2D eigenvalue weighted by Crippen LogP contribution is -2.45. The summed E-state index contributed by atoms with van der Waals surface area (Å²) in [6.45, 7) is 8.54. The highest BCUT2D eigenvalue weighted by Crippen LogP contribution is 2.17. The van der Waals surface area contributed by atoms with Crippen LogP contribution >= 0.6 is 11.3 Å². The zero-order valence-corrected chi connectivity index (χ0v) is 25.0. The molecule has 0 radical (unpaired) electrons. The number of carboxylic acid groups (broad SMARTS) is 2. The van der Waals surface area contributed by atoms with Gasteiger partial charge in [0, 0.05) is 50.5 Å². The highest BCUT2D eigenvalue weighted by molar-refractivity contribution is 7.07. The van der Waals surface area contributed by atoms with E-state index in [1.807, 2.05) is 24.3 Å². The number of aliphatic carboxylic acids is 2. The number of carbonyl (C=O) groups is 3. The molecule has 0 atom stereocenters. The summed E-state index contributed by atoms with van der Waals surface area (Å²) in [4.78, 5) is 35.4. The fraction of sp³-hybridized carbons (Fsp3) is 0.367. The quantitative estimate of drug-likeness (QED) is 0.235. The summed E-state index contributed by atoms with van der Waals surface area (Å²) in [5, 5.41) is 21.6. The van der Waals surface area contributed by atoms with Crippen LogP contribution in [0.2, 0.25) is 0 Å². The Hall–Kier alpha value is -3.95. The van der Waals surface area contributed by atoms with Crippen molar-refractivity contribution in [3.63, 3.8) is 0 Å². The van der Waals surface area contributed by atoms with Gasteiger partial charge in [0.05, 0.1) is 0 Å². The normalized spacial score (nSPS) is 13.9. The van der Waals surface area contributed by atoms with E-state index in [0.29, 0.717) is 5.56 Å². The van der Waals surface area contributed by atoms with Gasteiger partial charge in [-0.1, -0.05) is 37.6 Å². The minimum atomic E-state index is -5.08. The Morgan fingerprint density at radius 1 is 0.733 bits per heavy atom. The van der Waals surface area contributed by atoms with Gasteiger partial charge in [0.15, 0.2) is 0 Å². The number of carbonyl (C=O) groups excluding carboxylic acids is 1. The summed E-state index contributed by atoms with van der Waals surface area (Å²) in [6.07, 6.45) is -7.97. The number of aryl methyl sites for hydroxylation is 1. The van der Waals surface area contributed by atoms with E-state index in [0.717, 1.165) is 57.8 Å². The molecule has 1 saturated heterocycles. The molecule has 1 aliphatic heterocycles. The van der Waals surface area contributed by atoms with Crippen LogP contribution in [0.5, 0.6) is 0 Å². The fourth-order valence-corrected chi connectivity index (χ4v) is 4.67. The highest BCUT2D eigenvalue weighted by Gasteiger charge is 2.38. The first-order valence-electron chi connectivity index (χ1n) is 13.6. The van der Waals surface area contributed by atoms with E-state index in [2.05, 4.69) is 63.1 Å². The Kier molecular flexibility index (Phi) is 14.5. The predicted octanol–water partition coefficient (Wildman–Crippen LogP) is 6.54. The number of hydrogen-bond donors (Lipinski definition) is 3. The third-order valence-corrected chi connectivity index (χ3v) is 7.04. The molecule has 4 rings (SSSR count). The maximum atomic E-state index is 12.6. The Morgan fingerprint density at radius 2 is 1.18 bits per heavy atom. The van der Waals surface area contributed by atoms with Gasteiger partial charge in [0.2, 0.25) is 0 Å². The average Bonchev–Trinajstić information content (AvgIpc) is 3.48. The first kappa shape index (κ1) is 37.2. The zero-order chi connectivity index (χ0) is 33.6. The van der Waals surface area contributed by atoms with E-state index in [-0.39, 0.29) is 5.91 Å². The van der Waals surface area contributed by atoms with Crippen LogP contribution in [0.25, 0.3) is 0 Å². The molecule has 45 heavy (non-hydrogen) atoms. The Balaban J connectivity index is 0.000000421. The van der Waals surface area contributed by atoms with Crippen molar-refractivity contribution in [1.29, 1.82) is 0 Å². The first-order chi connectivity index (χ1) is 21.1. The number of amides is 1. The maximum absolute atomic E-state index is 12.6. The molecule has 246 valence electrons. The molecular formula is C30H33F6N3O5S. The van der Waals surface area contributed by atoms with E-state index in [1.165, 1.54) is 16.7 Å². The molecule has 1 amide bonds. The van der Waals surface area contributed by atoms with Crippen molar-refractivity contribution < 1.29 is 50.9 Å². The molecule has 15 heteroatoms. The van der Waals surface area contributed by atoms with Gasteiger partial charge < -0.3 is 15.5 Å². The summed E-state index contributed by atoms with van der Waals surface area (Å²) in [7, 11) is 0. The molecule has 3 aromatic rings. The van der Waals surface area contributed by atoms with Crippen LogP contribution in [0.15, 0.2) is 65.4 Å². The van der Waals surface area contributed by atoms with E-state index >= 15 is 0 Å². The van der Waals surface area contributed by atoms with Gasteiger partial charge in [-0.05, 0) is 64.2 Å². The molecule has 0 aliphatic carbocycles. The summed E-state index contributed by atoms with van der Waals surface area (Å²) in [5.74, 6) is -5.57. The minimum absolute atomic E-state index is 0.0585. The summed E-state index contributed by atoms with van der Waals surface area (Å²) < 4.78 is 63.5. The number of thiophene rings is 1. The van der Waals surface area contributed by atoms with Gasteiger partial charge in [-0.2, -0.15) is 37.7 Å². The second-order valence-corrected chi connectivity index (χ2v) is 10.7. The van der Waals surface area contributed by atoms with Crippen LogP contribution in [0.4, 0.5) is 32.0 Å². The van der Waals surface area contributed by atoms with Gasteiger partial charge in [-0.15, -0.1) is 0 Å². The first-order valence-corrected chi connectivity index (χ1v) is 14.6. The molecule has 0 saturated carbocycles. The van der Waals surface area contributed by atoms with E-state index in [1.54, 1.807) is 11.3 Å². The predicted molar refractivity (Wildman–Crippen MR) is 157 cm³/mol. The topological polar surface area (TPSA) is 110 Å². The van der Waals surface area contributed by atoms with Crippen LogP contribution in [0.1, 0.15) is 40.4 Å². The van der Waals surface area contributed by atoms with Gasteiger partial charge >= 0.3 is 24.3 Å². The van der Waals surface area contributed by atoms with Gasteiger partial charge in [0.1, 0.15) is 0 Å². The molecular weight excluding hydrogens is 628 g/mol. The van der Waals surface area contributed by atoms with Crippen LogP contribution in [-0.2, 0) is 29.1 Å². The number of piperazine rings is 1. The number of rotatable bonds is 8. The van der Waals surface area contributed by atoms with Crippen LogP contribution in [-0.4, -0.2) is 76.4 Å². The van der Waals surface area contributed by atoms with Crippen molar-refractivity contribution in [1.82, 2.24) is 9.80 Å². The zero-order valence-electron chi connectivity index (χ0n) is 24.2. The third kappa shape index (κ3) is 14.1. The van der Waals surface area contributed by atoms with Gasteiger partial charge in [0.25, 0.3) is 5.91 Å². The van der Waals surface area contributed by atoms with Crippen molar-refractivity contribution in [2.75, 3.05) is 31.5 Å². The van der Waals surface area contributed by atoms with Crippen LogP contribution in [0, 0.1) is 0 Å². The molecule has 1 fully saturated rings. The maximum Gasteiger partial charge on any atom is 0.490 e. The molecule has 0 unspecified atom stereocenters. The average molecular weight is 662 g/mol. The SMILES string of the molecule is CCCc1ccc(NC(=O)c2ccc(CN3CCN(Cc4ccsc4)CC3)cc2)cc1.O=C(O)C(F)(F)F.O=C(O)C(F)(F)F. The molecule has 1 aromatic heterocycles. The van der Waals surface area contributed by atoms with Crippen LogP contribution in [0.3, 0.4) is 0 Å². The lowest BCUT2D eigenvalue weighted by atomic mass is 10.1. The number of carboxylic acids is 2. The molecule has 0 bridgehead atoms. The summed E-state index contributed by atoms with van der Waals surface area (Å²) >= 11 is 1.77. The highest BCUT2D eigenvalue weighted by atomic mass is 32.1. The lowest BCUT2D eigenvalue weighted by Gasteiger charge is -2.34. The molecule has 1 aliphatic rings. The Labute approximate surface area is 259 Å². The van der Waals surface area contributed by atoms with E-state index in [4.69, 9.17) is 19.8 Å². The van der Waals surface area contributed by atoms with Crippen molar-refractivity contribution in [3.8, 4) is 0 Å². The second-order valence-electron chi connectivity index (χ2n) is 9.89. The Bertz CT molecular complexity index is 1320. The molecule has 2 heterocycles. The van der Waals surface area contributed by atoms with E-state index < -0.39 is 24.3 Å². The Morgan fingerprint density at radius 3 is 1.58 bits per heavy atom. The molecule has 2 aromatic carbocycles. The second kappa shape index (κ2) is 17.5. The fourth-order valence-electron chi connectivity index (χ4n) is 4.01. The number of alkyl halides is 6. The molecule has 8 nitrogen and oxygen atoms in total. The lowest BCUT2D eigenvalue weighted by molar-refractivity contribution is -0.193. The van der Waals surface area contributed by atoms with Crippen molar-refractivity contribution in [3.05, 3.63) is 87.6 Å². The summed E-state index contributed by atoms with van der Waals surface area (Å²) in [5.41, 5.74) is 5.52. The van der Waals surface area contributed by atoms with Crippen molar-refractivity contribution in [2.24, 2.45) is 0 Å². The number of nitrogens with one attached hydrogen (secondary N) is 1. The van der Waals surface area contributed by atoms with Crippen molar-refractivity contribution >= 4 is 34.9 Å². The number of hydrogen-bond acceptors (Lipinski definition) is 6. The monoisotopic (exact) mass is 661 g/mol. The number of benzene rings is 2. The van der Waals surface area contributed by atoms with Gasteiger partial charge in [-0.3, -0.25) is 14.6 Å². The standard InChI is InChI=1S/C26H31N3OS.2C2HF3O2/c1-2-3-21-6-10-25(11-7-21)27-26(30)24-8-4-22(5-9-24)18-28-13-15-29(16-14-28)19-23-12-17-31-20-23;2*3-2(4,5)1(6)7/h4-12,17,20H,2-3,13-16,18-19H2,1H3,(H,27,30);2*(H,6,7). The molecule has 0 spiro atoms. The van der Waals surface area contributed by atoms with Crippen LogP contribution < -0.4 is 5.32 Å². The minimum Gasteiger partial charge on any atom is -0.475 e. The van der Waals surface area contributed by atoms with E-state index in [9.17, 15) is 31.1 Å². The summed E-state index contributed by atoms with van der Waals surface area (Å²) in [6, 6.07) is 18.4. The number of anilines is 1. The molecule has 3 N–H and O–H groups in total. The number of halogens is 6. The largest absolute Gasteiger partial charge is 0.490 e. The smallest absolute Gasteiger partial charge is 0.475 e. The van der Waals surface area contributed by atoms with Gasteiger partial charge in [-0.25, -0.2) is 9.59 Å². The third-order valence-electron chi connectivity index (χ3n) is 6.31.